The standard InChI is InChI=1S/C9H7ClN4/c10-7-1-2-8-6(5-13-14-11)4-12-9(8)3-7/h1-4,12H,5H2. The Morgan fingerprint density at radius 2 is 2.36 bits per heavy atom. The molecule has 1 aromatic carbocycles. The second-order valence-corrected chi connectivity index (χ2v) is 3.33. The molecule has 1 N–H and O–H groups in total. The van der Waals surface area contributed by atoms with Crippen LogP contribution in [0.5, 0.6) is 0 Å². The van der Waals surface area contributed by atoms with Crippen LogP contribution in [0.4, 0.5) is 0 Å². The normalized spacial score (nSPS) is 10.1. The van der Waals surface area contributed by atoms with Gasteiger partial charge in [-0.25, -0.2) is 0 Å². The number of halogens is 1. The first kappa shape index (κ1) is 8.94. The summed E-state index contributed by atoms with van der Waals surface area (Å²) in [6, 6.07) is 5.57. The largest absolute Gasteiger partial charge is 0.361 e. The van der Waals surface area contributed by atoms with Crippen molar-refractivity contribution < 1.29 is 0 Å². The van der Waals surface area contributed by atoms with E-state index < -0.39 is 0 Å². The fourth-order valence-electron chi connectivity index (χ4n) is 1.40. The number of aromatic nitrogens is 1. The van der Waals surface area contributed by atoms with Crippen molar-refractivity contribution in [1.82, 2.24) is 4.98 Å². The number of rotatable bonds is 2. The molecule has 2 rings (SSSR count). The van der Waals surface area contributed by atoms with E-state index in [1.807, 2.05) is 24.4 Å². The van der Waals surface area contributed by atoms with Crippen molar-refractivity contribution in [3.05, 3.63) is 45.4 Å². The summed E-state index contributed by atoms with van der Waals surface area (Å²) in [5.74, 6) is 0. The van der Waals surface area contributed by atoms with Gasteiger partial charge in [-0.15, -0.1) is 0 Å². The van der Waals surface area contributed by atoms with Gasteiger partial charge in [-0.3, -0.25) is 0 Å². The third kappa shape index (κ3) is 1.53. The summed E-state index contributed by atoms with van der Waals surface area (Å²) < 4.78 is 0. The fourth-order valence-corrected chi connectivity index (χ4v) is 1.57. The molecule has 70 valence electrons. The van der Waals surface area contributed by atoms with Crippen molar-refractivity contribution >= 4 is 22.5 Å². The maximum absolute atomic E-state index is 8.21. The van der Waals surface area contributed by atoms with Gasteiger partial charge in [0, 0.05) is 27.0 Å². The second kappa shape index (κ2) is 3.62. The number of azide groups is 1. The molecule has 1 heterocycles. The maximum Gasteiger partial charge on any atom is 0.0531 e. The minimum absolute atomic E-state index is 0.359. The summed E-state index contributed by atoms with van der Waals surface area (Å²) in [7, 11) is 0. The molecule has 0 saturated heterocycles. The first-order chi connectivity index (χ1) is 6.81. The average Bonchev–Trinajstić information content (AvgIpc) is 2.57. The lowest BCUT2D eigenvalue weighted by molar-refractivity contribution is 1.06. The predicted molar refractivity (Wildman–Crippen MR) is 56.2 cm³/mol. The summed E-state index contributed by atoms with van der Waals surface area (Å²) in [5, 5.41) is 5.25. The maximum atomic E-state index is 8.21. The molecule has 2 aromatic rings. The summed E-state index contributed by atoms with van der Waals surface area (Å²) >= 11 is 5.83. The Labute approximate surface area is 85.1 Å². The molecule has 0 aliphatic carbocycles. The number of nitrogens with zero attached hydrogens (tertiary/aromatic N) is 3. The second-order valence-electron chi connectivity index (χ2n) is 2.89. The Balaban J connectivity index is 2.52. The van der Waals surface area contributed by atoms with E-state index in [4.69, 9.17) is 17.1 Å². The molecule has 0 aliphatic heterocycles. The summed E-state index contributed by atoms with van der Waals surface area (Å²) in [4.78, 5) is 5.79. The Morgan fingerprint density at radius 3 is 3.14 bits per heavy atom. The number of aromatic amines is 1. The number of benzene rings is 1. The first-order valence-corrected chi connectivity index (χ1v) is 4.45. The minimum atomic E-state index is 0.359. The number of hydrogen-bond acceptors (Lipinski definition) is 1. The molecular formula is C9H7ClN4. The molecule has 0 bridgehead atoms. The van der Waals surface area contributed by atoms with Crippen molar-refractivity contribution in [2.24, 2.45) is 5.11 Å². The van der Waals surface area contributed by atoms with Crippen LogP contribution >= 0.6 is 11.6 Å². The highest BCUT2D eigenvalue weighted by atomic mass is 35.5. The average molecular weight is 207 g/mol. The molecule has 0 aliphatic rings. The van der Waals surface area contributed by atoms with Gasteiger partial charge >= 0.3 is 0 Å². The number of hydrogen-bond donors (Lipinski definition) is 1. The van der Waals surface area contributed by atoms with Gasteiger partial charge in [-0.05, 0) is 23.2 Å². The van der Waals surface area contributed by atoms with Gasteiger partial charge in [0.25, 0.3) is 0 Å². The third-order valence-corrected chi connectivity index (χ3v) is 2.27. The summed E-state index contributed by atoms with van der Waals surface area (Å²) in [6.45, 7) is 0.359. The van der Waals surface area contributed by atoms with Crippen molar-refractivity contribution in [1.29, 1.82) is 0 Å². The third-order valence-electron chi connectivity index (χ3n) is 2.03. The topological polar surface area (TPSA) is 64.6 Å². The van der Waals surface area contributed by atoms with Crippen LogP contribution in [0.3, 0.4) is 0 Å². The quantitative estimate of drug-likeness (QED) is 0.443. The van der Waals surface area contributed by atoms with Crippen molar-refractivity contribution in [2.45, 2.75) is 6.54 Å². The van der Waals surface area contributed by atoms with E-state index in [-0.39, 0.29) is 0 Å². The molecule has 0 unspecified atom stereocenters. The van der Waals surface area contributed by atoms with Crippen LogP contribution in [-0.4, -0.2) is 4.98 Å². The minimum Gasteiger partial charge on any atom is -0.361 e. The van der Waals surface area contributed by atoms with E-state index >= 15 is 0 Å². The van der Waals surface area contributed by atoms with E-state index in [2.05, 4.69) is 15.0 Å². The van der Waals surface area contributed by atoms with Crippen molar-refractivity contribution in [3.63, 3.8) is 0 Å². The fraction of sp³-hybridized carbons (Fsp3) is 0.111. The van der Waals surface area contributed by atoms with Crippen LogP contribution in [0.2, 0.25) is 5.02 Å². The zero-order chi connectivity index (χ0) is 9.97. The molecule has 1 aromatic heterocycles. The van der Waals surface area contributed by atoms with Gasteiger partial charge in [0.1, 0.15) is 0 Å². The number of fused-ring (bicyclic) bond motifs is 1. The van der Waals surface area contributed by atoms with E-state index in [1.54, 1.807) is 0 Å². The van der Waals surface area contributed by atoms with E-state index in [0.29, 0.717) is 11.6 Å². The molecule has 0 radical (unpaired) electrons. The van der Waals surface area contributed by atoms with Crippen LogP contribution in [0.15, 0.2) is 29.5 Å². The van der Waals surface area contributed by atoms with E-state index in [1.165, 1.54) is 0 Å². The van der Waals surface area contributed by atoms with Crippen LogP contribution in [-0.2, 0) is 6.54 Å². The molecule has 0 spiro atoms. The first-order valence-electron chi connectivity index (χ1n) is 4.07. The lowest BCUT2D eigenvalue weighted by Crippen LogP contribution is -1.75. The van der Waals surface area contributed by atoms with Gasteiger partial charge in [-0.2, -0.15) is 0 Å². The molecule has 0 atom stereocenters. The molecule has 14 heavy (non-hydrogen) atoms. The SMILES string of the molecule is [N-]=[N+]=NCc1c[nH]c2cc(Cl)ccc12. The van der Waals surface area contributed by atoms with Crippen molar-refractivity contribution in [3.8, 4) is 0 Å². The smallest absolute Gasteiger partial charge is 0.0531 e. The van der Waals surface area contributed by atoms with Gasteiger partial charge in [0.2, 0.25) is 0 Å². The van der Waals surface area contributed by atoms with Crippen LogP contribution in [0.25, 0.3) is 21.3 Å². The zero-order valence-corrected chi connectivity index (χ0v) is 7.99. The molecule has 0 saturated carbocycles. The Bertz CT molecular complexity index is 511. The summed E-state index contributed by atoms with van der Waals surface area (Å²) in [5.41, 5.74) is 10.1. The van der Waals surface area contributed by atoms with Crippen LogP contribution in [0, 0.1) is 0 Å². The summed E-state index contributed by atoms with van der Waals surface area (Å²) in [6.07, 6.45) is 1.83. The number of H-pyrrole nitrogens is 1. The Kier molecular flexibility index (Phi) is 2.31. The zero-order valence-electron chi connectivity index (χ0n) is 7.24. The van der Waals surface area contributed by atoms with E-state index in [0.717, 1.165) is 16.5 Å². The molecular weight excluding hydrogens is 200 g/mol. The molecule has 5 heteroatoms. The highest BCUT2D eigenvalue weighted by molar-refractivity contribution is 6.31. The highest BCUT2D eigenvalue weighted by Crippen LogP contribution is 2.22. The van der Waals surface area contributed by atoms with Crippen LogP contribution < -0.4 is 0 Å². The predicted octanol–water partition coefficient (Wildman–Crippen LogP) is 3.63. The number of nitrogens with one attached hydrogen (secondary N) is 1. The highest BCUT2D eigenvalue weighted by Gasteiger charge is 2.02. The van der Waals surface area contributed by atoms with Gasteiger partial charge in [0.15, 0.2) is 0 Å². The van der Waals surface area contributed by atoms with Gasteiger partial charge in [0.05, 0.1) is 6.54 Å². The molecule has 0 amide bonds. The Hall–Kier alpha value is -1.64. The molecule has 0 fully saturated rings. The van der Waals surface area contributed by atoms with Crippen molar-refractivity contribution in [2.75, 3.05) is 0 Å². The van der Waals surface area contributed by atoms with E-state index in [9.17, 15) is 0 Å². The van der Waals surface area contributed by atoms with Gasteiger partial charge < -0.3 is 4.98 Å². The van der Waals surface area contributed by atoms with Crippen LogP contribution in [0.1, 0.15) is 5.56 Å². The van der Waals surface area contributed by atoms with Gasteiger partial charge in [-0.1, -0.05) is 22.8 Å². The lowest BCUT2D eigenvalue weighted by Gasteiger charge is -1.93. The molecule has 4 nitrogen and oxygen atoms in total. The lowest BCUT2D eigenvalue weighted by atomic mass is 10.2. The Morgan fingerprint density at radius 1 is 1.50 bits per heavy atom. The monoisotopic (exact) mass is 206 g/mol.